The van der Waals surface area contributed by atoms with Crippen molar-refractivity contribution in [2.24, 2.45) is 5.92 Å². The molecule has 2 rings (SSSR count). The molecule has 0 fully saturated rings. The highest BCUT2D eigenvalue weighted by Gasteiger charge is 2.30. The van der Waals surface area contributed by atoms with Gasteiger partial charge >= 0.3 is 6.36 Å². The number of alkyl halides is 3. The van der Waals surface area contributed by atoms with Crippen molar-refractivity contribution in [1.82, 2.24) is 10.8 Å². The Bertz CT molecular complexity index is 735. The van der Waals surface area contributed by atoms with Crippen LogP contribution in [0.1, 0.15) is 26.3 Å². The van der Waals surface area contributed by atoms with E-state index >= 15 is 0 Å². The number of halogens is 3. The summed E-state index contributed by atoms with van der Waals surface area (Å²) in [7, 11) is 0. The summed E-state index contributed by atoms with van der Waals surface area (Å²) in [5.41, 5.74) is 2.55. The smallest absolute Gasteiger partial charge is 0.457 e. The zero-order chi connectivity index (χ0) is 21.9. The minimum absolute atomic E-state index is 0.319. The van der Waals surface area contributed by atoms with Gasteiger partial charge in [-0.2, -0.15) is 0 Å². The highest BCUT2D eigenvalue weighted by molar-refractivity contribution is 5.77. The van der Waals surface area contributed by atoms with E-state index in [9.17, 15) is 18.0 Å². The Morgan fingerprint density at radius 3 is 1.97 bits per heavy atom. The van der Waals surface area contributed by atoms with Crippen molar-refractivity contribution >= 4 is 5.91 Å². The lowest BCUT2D eigenvalue weighted by Crippen LogP contribution is -2.33. The van der Waals surface area contributed by atoms with Gasteiger partial charge in [0, 0.05) is 19.0 Å². The maximum Gasteiger partial charge on any atom is 0.573 e. The summed E-state index contributed by atoms with van der Waals surface area (Å²) >= 11 is 0. The minimum Gasteiger partial charge on any atom is -0.457 e. The quantitative estimate of drug-likeness (QED) is 0.433. The van der Waals surface area contributed by atoms with Crippen LogP contribution < -0.4 is 20.3 Å². The van der Waals surface area contributed by atoms with Crippen LogP contribution in [0.4, 0.5) is 13.2 Å². The molecule has 1 atom stereocenters. The lowest BCUT2D eigenvalue weighted by molar-refractivity contribution is -0.274. The van der Waals surface area contributed by atoms with E-state index in [-0.39, 0.29) is 11.7 Å². The summed E-state index contributed by atoms with van der Waals surface area (Å²) in [6.07, 6.45) is -4.73. The van der Waals surface area contributed by atoms with Crippen LogP contribution in [-0.2, 0) is 11.3 Å². The van der Waals surface area contributed by atoms with Gasteiger partial charge < -0.3 is 14.8 Å². The van der Waals surface area contributed by atoms with Crippen LogP contribution in [0.2, 0.25) is 0 Å². The molecule has 0 spiro atoms. The zero-order valence-corrected chi connectivity index (χ0v) is 16.4. The average Bonchev–Trinajstić information content (AvgIpc) is 2.70. The number of hydrogen-bond acceptors (Lipinski definition) is 5. The first-order valence-corrected chi connectivity index (χ1v) is 9.04. The van der Waals surface area contributed by atoms with Crippen LogP contribution in [0.5, 0.6) is 17.2 Å². The predicted octanol–water partition coefficient (Wildman–Crippen LogP) is 4.63. The monoisotopic (exact) mass is 414 g/mol. The summed E-state index contributed by atoms with van der Waals surface area (Å²) in [5.74, 6) is -0.254. The molecule has 6 nitrogen and oxygen atoms in total. The summed E-state index contributed by atoms with van der Waals surface area (Å²) in [5, 5.41) is 11.6. The molecule has 0 aliphatic heterocycles. The maximum atomic E-state index is 12.1. The number of nitrogens with one attached hydrogen (secondary N) is 2. The largest absolute Gasteiger partial charge is 0.573 e. The van der Waals surface area contributed by atoms with E-state index in [1.165, 1.54) is 24.3 Å². The molecule has 0 aromatic heterocycles. The van der Waals surface area contributed by atoms with E-state index in [4.69, 9.17) is 9.94 Å². The van der Waals surface area contributed by atoms with Gasteiger partial charge in [-0.1, -0.05) is 32.9 Å². The van der Waals surface area contributed by atoms with E-state index < -0.39 is 12.3 Å². The average molecular weight is 414 g/mol. The van der Waals surface area contributed by atoms with Gasteiger partial charge in [0.25, 0.3) is 0 Å². The van der Waals surface area contributed by atoms with Gasteiger partial charge in [0.05, 0.1) is 0 Å². The van der Waals surface area contributed by atoms with Crippen LogP contribution in [0.15, 0.2) is 48.5 Å². The molecule has 0 saturated heterocycles. The van der Waals surface area contributed by atoms with E-state index in [0.29, 0.717) is 24.6 Å². The van der Waals surface area contributed by atoms with E-state index in [1.54, 1.807) is 24.5 Å². The van der Waals surface area contributed by atoms with Gasteiger partial charge in [0.15, 0.2) is 0 Å². The molecule has 9 heteroatoms. The van der Waals surface area contributed by atoms with Crippen molar-refractivity contribution in [3.05, 3.63) is 54.1 Å². The number of carbonyl (C=O) groups excluding carboxylic acids is 1. The van der Waals surface area contributed by atoms with Crippen LogP contribution in [-0.4, -0.2) is 24.0 Å². The molecule has 160 valence electrons. The topological polar surface area (TPSA) is 79.8 Å². The first-order valence-electron chi connectivity index (χ1n) is 9.04. The molecule has 2 aromatic rings. The molecule has 0 heterocycles. The number of hydroxylamine groups is 1. The lowest BCUT2D eigenvalue weighted by atomic mass is 10.1. The van der Waals surface area contributed by atoms with Gasteiger partial charge in [-0.3, -0.25) is 10.0 Å². The zero-order valence-electron chi connectivity index (χ0n) is 16.4. The van der Waals surface area contributed by atoms with Crippen LogP contribution >= 0.6 is 0 Å². The lowest BCUT2D eigenvalue weighted by Gasteiger charge is -2.11. The molecule has 0 radical (unpaired) electrons. The third-order valence-electron chi connectivity index (χ3n) is 3.55. The molecular weight excluding hydrogens is 389 g/mol. The first kappa shape index (κ1) is 24.3. The maximum absolute atomic E-state index is 12.1. The number of benzene rings is 2. The Morgan fingerprint density at radius 2 is 1.48 bits per heavy atom. The molecule has 0 saturated carbocycles. The van der Waals surface area contributed by atoms with Gasteiger partial charge in [-0.05, 0) is 42.0 Å². The summed E-state index contributed by atoms with van der Waals surface area (Å²) < 4.78 is 45.7. The van der Waals surface area contributed by atoms with E-state index in [2.05, 4.69) is 10.1 Å². The predicted molar refractivity (Wildman–Crippen MR) is 102 cm³/mol. The van der Waals surface area contributed by atoms with Crippen molar-refractivity contribution < 1.29 is 32.6 Å². The highest BCUT2D eigenvalue weighted by atomic mass is 19.4. The van der Waals surface area contributed by atoms with Gasteiger partial charge in [-0.25, -0.2) is 5.48 Å². The Labute approximate surface area is 167 Å². The van der Waals surface area contributed by atoms with E-state index in [1.807, 2.05) is 26.0 Å². The second kappa shape index (κ2) is 11.9. The number of ether oxygens (including phenoxy) is 2. The standard InChI is InChI=1S/C18H19F3N2O4.C2H6/c1-12(17(24)23-25)10-22-11-13-2-4-14(5-3-13)26-15-6-8-16(9-7-15)27-18(19,20)21;1-2/h2-9,12,22,25H,10-11H2,1H3,(H,23,24);1-2H3. The molecule has 1 unspecified atom stereocenters. The fourth-order valence-electron chi connectivity index (χ4n) is 2.16. The third-order valence-corrected chi connectivity index (χ3v) is 3.55. The number of hydrogen-bond donors (Lipinski definition) is 3. The van der Waals surface area contributed by atoms with Gasteiger partial charge in [0.2, 0.25) is 5.91 Å². The molecule has 1 amide bonds. The number of rotatable bonds is 8. The Kier molecular flexibility index (Phi) is 9.98. The molecule has 2 aromatic carbocycles. The van der Waals surface area contributed by atoms with Crippen molar-refractivity contribution in [2.75, 3.05) is 6.54 Å². The SMILES string of the molecule is CC.CC(CNCc1ccc(Oc2ccc(OC(F)(F)F)cc2)cc1)C(=O)NO. The van der Waals surface area contributed by atoms with Crippen molar-refractivity contribution in [1.29, 1.82) is 0 Å². The number of carbonyl (C=O) groups is 1. The number of amides is 1. The summed E-state index contributed by atoms with van der Waals surface area (Å²) in [6, 6.07) is 12.2. The molecular formula is C20H25F3N2O4. The molecule has 0 aliphatic carbocycles. The van der Waals surface area contributed by atoms with Crippen molar-refractivity contribution in [2.45, 2.75) is 33.7 Å². The third kappa shape index (κ3) is 9.31. The molecule has 29 heavy (non-hydrogen) atoms. The van der Waals surface area contributed by atoms with Crippen LogP contribution in [0.25, 0.3) is 0 Å². The molecule has 0 bridgehead atoms. The molecule has 3 N–H and O–H groups in total. The van der Waals surface area contributed by atoms with Crippen molar-refractivity contribution in [3.8, 4) is 17.2 Å². The van der Waals surface area contributed by atoms with Crippen LogP contribution in [0.3, 0.4) is 0 Å². The van der Waals surface area contributed by atoms with Crippen LogP contribution in [0, 0.1) is 5.92 Å². The van der Waals surface area contributed by atoms with E-state index in [0.717, 1.165) is 5.56 Å². The summed E-state index contributed by atoms with van der Waals surface area (Å²) in [6.45, 7) is 6.60. The Morgan fingerprint density at radius 1 is 1.00 bits per heavy atom. The van der Waals surface area contributed by atoms with Gasteiger partial charge in [0.1, 0.15) is 17.2 Å². The minimum atomic E-state index is -4.73. The fourth-order valence-corrected chi connectivity index (χ4v) is 2.16. The highest BCUT2D eigenvalue weighted by Crippen LogP contribution is 2.27. The Balaban J connectivity index is 0.00000204. The first-order chi connectivity index (χ1) is 13.8. The van der Waals surface area contributed by atoms with Gasteiger partial charge in [-0.15, -0.1) is 13.2 Å². The fraction of sp³-hybridized carbons (Fsp3) is 0.350. The normalized spacial score (nSPS) is 11.7. The van der Waals surface area contributed by atoms with Crippen molar-refractivity contribution in [3.63, 3.8) is 0 Å². The summed E-state index contributed by atoms with van der Waals surface area (Å²) in [4.78, 5) is 11.2. The molecule has 0 aliphatic rings. The second-order valence-electron chi connectivity index (χ2n) is 5.77. The second-order valence-corrected chi connectivity index (χ2v) is 5.77. The Hall–Kier alpha value is -2.78.